The number of hydrogen-bond donors (Lipinski definition) is 1. The zero-order valence-electron chi connectivity index (χ0n) is 10.0. The van der Waals surface area contributed by atoms with Crippen molar-refractivity contribution in [2.45, 2.75) is 12.8 Å². The molecule has 0 saturated carbocycles. The van der Waals surface area contributed by atoms with Crippen molar-refractivity contribution in [3.8, 4) is 0 Å². The SMILES string of the molecule is Cc1cccc(C2CN(C)C(=O)C2C(N)=O)c1. The lowest BCUT2D eigenvalue weighted by Gasteiger charge is -2.14. The second-order valence-corrected chi connectivity index (χ2v) is 4.62. The van der Waals surface area contributed by atoms with E-state index in [0.29, 0.717) is 6.54 Å². The Hall–Kier alpha value is -1.84. The second-order valence-electron chi connectivity index (χ2n) is 4.62. The highest BCUT2D eigenvalue weighted by molar-refractivity contribution is 6.02. The lowest BCUT2D eigenvalue weighted by molar-refractivity contribution is -0.135. The molecular formula is C13H16N2O2. The molecule has 4 nitrogen and oxygen atoms in total. The molecule has 4 heteroatoms. The predicted octanol–water partition coefficient (Wildman–Crippen LogP) is 0.652. The van der Waals surface area contributed by atoms with Crippen LogP contribution in [0.1, 0.15) is 17.0 Å². The summed E-state index contributed by atoms with van der Waals surface area (Å²) in [4.78, 5) is 24.8. The van der Waals surface area contributed by atoms with Crippen LogP contribution >= 0.6 is 0 Å². The van der Waals surface area contributed by atoms with E-state index in [4.69, 9.17) is 5.73 Å². The van der Waals surface area contributed by atoms with Gasteiger partial charge in [-0.2, -0.15) is 0 Å². The molecule has 2 N–H and O–H groups in total. The monoisotopic (exact) mass is 232 g/mol. The zero-order chi connectivity index (χ0) is 12.6. The number of rotatable bonds is 2. The standard InChI is InChI=1S/C13H16N2O2/c1-8-4-3-5-9(6-8)10-7-15(2)13(17)11(10)12(14)16/h3-6,10-11H,7H2,1-2H3,(H2,14,16). The van der Waals surface area contributed by atoms with Crippen molar-refractivity contribution < 1.29 is 9.59 Å². The van der Waals surface area contributed by atoms with Crippen LogP contribution in [-0.2, 0) is 9.59 Å². The quantitative estimate of drug-likeness (QED) is 0.761. The van der Waals surface area contributed by atoms with Gasteiger partial charge in [0.1, 0.15) is 5.92 Å². The number of nitrogens with two attached hydrogens (primary N) is 1. The molecule has 1 aliphatic rings. The molecule has 17 heavy (non-hydrogen) atoms. The Labute approximate surface area is 100 Å². The predicted molar refractivity (Wildman–Crippen MR) is 64.2 cm³/mol. The molecule has 2 amide bonds. The molecule has 0 spiro atoms. The maximum absolute atomic E-state index is 11.8. The van der Waals surface area contributed by atoms with Crippen molar-refractivity contribution in [1.82, 2.24) is 4.90 Å². The van der Waals surface area contributed by atoms with Crippen molar-refractivity contribution >= 4 is 11.8 Å². The maximum atomic E-state index is 11.8. The topological polar surface area (TPSA) is 63.4 Å². The van der Waals surface area contributed by atoms with Gasteiger partial charge >= 0.3 is 0 Å². The number of nitrogens with zero attached hydrogens (tertiary/aromatic N) is 1. The summed E-state index contributed by atoms with van der Waals surface area (Å²) in [7, 11) is 1.70. The van der Waals surface area contributed by atoms with Gasteiger partial charge in [-0.05, 0) is 12.5 Å². The molecule has 2 rings (SSSR count). The first-order valence-corrected chi connectivity index (χ1v) is 5.61. The first kappa shape index (κ1) is 11.6. The van der Waals surface area contributed by atoms with Gasteiger partial charge in [-0.25, -0.2) is 0 Å². The smallest absolute Gasteiger partial charge is 0.235 e. The van der Waals surface area contributed by atoms with E-state index in [1.54, 1.807) is 11.9 Å². The molecule has 0 aromatic heterocycles. The highest BCUT2D eigenvalue weighted by Crippen LogP contribution is 2.33. The van der Waals surface area contributed by atoms with Gasteiger partial charge in [0.2, 0.25) is 11.8 Å². The van der Waals surface area contributed by atoms with E-state index in [1.807, 2.05) is 31.2 Å². The number of aryl methyl sites for hydroxylation is 1. The van der Waals surface area contributed by atoms with Crippen LogP contribution < -0.4 is 5.73 Å². The Balaban J connectivity index is 2.38. The Morgan fingerprint density at radius 3 is 2.76 bits per heavy atom. The maximum Gasteiger partial charge on any atom is 0.235 e. The molecule has 1 aromatic rings. The molecule has 1 fully saturated rings. The molecule has 1 saturated heterocycles. The van der Waals surface area contributed by atoms with Crippen LogP contribution in [0.25, 0.3) is 0 Å². The molecule has 1 aliphatic heterocycles. The number of likely N-dealkylation sites (tertiary alicyclic amines) is 1. The van der Waals surface area contributed by atoms with Crippen LogP contribution in [0.2, 0.25) is 0 Å². The summed E-state index contributed by atoms with van der Waals surface area (Å²) in [6.07, 6.45) is 0. The normalized spacial score (nSPS) is 24.1. The van der Waals surface area contributed by atoms with Crippen molar-refractivity contribution in [1.29, 1.82) is 0 Å². The Kier molecular flexibility index (Phi) is 2.88. The van der Waals surface area contributed by atoms with Crippen LogP contribution in [0.3, 0.4) is 0 Å². The summed E-state index contributed by atoms with van der Waals surface area (Å²) in [6, 6.07) is 7.88. The average molecular weight is 232 g/mol. The Morgan fingerprint density at radius 1 is 1.47 bits per heavy atom. The van der Waals surface area contributed by atoms with E-state index in [2.05, 4.69) is 0 Å². The van der Waals surface area contributed by atoms with Gasteiger partial charge in [-0.15, -0.1) is 0 Å². The first-order valence-electron chi connectivity index (χ1n) is 5.61. The van der Waals surface area contributed by atoms with Gasteiger partial charge in [0, 0.05) is 19.5 Å². The van der Waals surface area contributed by atoms with Crippen LogP contribution in [0.4, 0.5) is 0 Å². The molecular weight excluding hydrogens is 216 g/mol. The molecule has 1 heterocycles. The molecule has 0 radical (unpaired) electrons. The third-order valence-corrected chi connectivity index (χ3v) is 3.29. The fraction of sp³-hybridized carbons (Fsp3) is 0.385. The summed E-state index contributed by atoms with van der Waals surface area (Å²) in [6.45, 7) is 2.54. The number of benzene rings is 1. The molecule has 0 bridgehead atoms. The lowest BCUT2D eigenvalue weighted by atomic mass is 9.87. The third kappa shape index (κ3) is 2.02. The van der Waals surface area contributed by atoms with Gasteiger partial charge < -0.3 is 10.6 Å². The second kappa shape index (κ2) is 4.20. The minimum atomic E-state index is -0.721. The number of carbonyl (C=O) groups is 2. The number of primary amides is 1. The van der Waals surface area contributed by atoms with Crippen LogP contribution in [0, 0.1) is 12.8 Å². The van der Waals surface area contributed by atoms with Crippen molar-refractivity contribution in [3.05, 3.63) is 35.4 Å². The van der Waals surface area contributed by atoms with Gasteiger partial charge in [0.05, 0.1) is 0 Å². The highest BCUT2D eigenvalue weighted by atomic mass is 16.2. The number of likely N-dealkylation sites (N-methyl/N-ethyl adjacent to an activating group) is 1. The van der Waals surface area contributed by atoms with Crippen LogP contribution in [-0.4, -0.2) is 30.3 Å². The summed E-state index contributed by atoms with van der Waals surface area (Å²) < 4.78 is 0. The largest absolute Gasteiger partial charge is 0.369 e. The van der Waals surface area contributed by atoms with E-state index in [0.717, 1.165) is 11.1 Å². The molecule has 0 aliphatic carbocycles. The minimum Gasteiger partial charge on any atom is -0.369 e. The molecule has 2 unspecified atom stereocenters. The fourth-order valence-corrected chi connectivity index (χ4v) is 2.42. The van der Waals surface area contributed by atoms with Gasteiger partial charge in [0.25, 0.3) is 0 Å². The Morgan fingerprint density at radius 2 is 2.18 bits per heavy atom. The third-order valence-electron chi connectivity index (χ3n) is 3.29. The minimum absolute atomic E-state index is 0.120. The van der Waals surface area contributed by atoms with Crippen molar-refractivity contribution in [2.24, 2.45) is 11.7 Å². The highest BCUT2D eigenvalue weighted by Gasteiger charge is 2.42. The summed E-state index contributed by atoms with van der Waals surface area (Å²) in [5.41, 5.74) is 7.45. The number of hydrogen-bond acceptors (Lipinski definition) is 2. The van der Waals surface area contributed by atoms with E-state index < -0.39 is 11.8 Å². The molecule has 2 atom stereocenters. The summed E-state index contributed by atoms with van der Waals surface area (Å²) in [5, 5.41) is 0. The van der Waals surface area contributed by atoms with E-state index >= 15 is 0 Å². The number of carbonyl (C=O) groups excluding carboxylic acids is 2. The van der Waals surface area contributed by atoms with E-state index in [-0.39, 0.29) is 11.8 Å². The summed E-state index contributed by atoms with van der Waals surface area (Å²) >= 11 is 0. The first-order chi connectivity index (χ1) is 8.00. The van der Waals surface area contributed by atoms with Gasteiger partial charge in [-0.3, -0.25) is 9.59 Å². The average Bonchev–Trinajstić information content (AvgIpc) is 2.55. The van der Waals surface area contributed by atoms with E-state index in [9.17, 15) is 9.59 Å². The van der Waals surface area contributed by atoms with Crippen LogP contribution in [0.15, 0.2) is 24.3 Å². The van der Waals surface area contributed by atoms with Gasteiger partial charge in [-0.1, -0.05) is 29.8 Å². The lowest BCUT2D eigenvalue weighted by Crippen LogP contribution is -2.33. The zero-order valence-corrected chi connectivity index (χ0v) is 10.0. The molecule has 1 aromatic carbocycles. The van der Waals surface area contributed by atoms with E-state index in [1.165, 1.54) is 0 Å². The summed E-state index contributed by atoms with van der Waals surface area (Å²) in [5.74, 6) is -1.55. The van der Waals surface area contributed by atoms with Crippen molar-refractivity contribution in [3.63, 3.8) is 0 Å². The number of amides is 2. The molecule has 90 valence electrons. The van der Waals surface area contributed by atoms with Gasteiger partial charge in [0.15, 0.2) is 0 Å². The van der Waals surface area contributed by atoms with Crippen molar-refractivity contribution in [2.75, 3.05) is 13.6 Å². The fourth-order valence-electron chi connectivity index (χ4n) is 2.42. The Bertz CT molecular complexity index is 470. The van der Waals surface area contributed by atoms with Crippen LogP contribution in [0.5, 0.6) is 0 Å².